The van der Waals surface area contributed by atoms with Crippen molar-refractivity contribution in [2.75, 3.05) is 7.05 Å². The maximum absolute atomic E-state index is 11.3. The lowest BCUT2D eigenvalue weighted by atomic mass is 10.2. The summed E-state index contributed by atoms with van der Waals surface area (Å²) >= 11 is 0. The summed E-state index contributed by atoms with van der Waals surface area (Å²) in [6, 6.07) is 9.17. The van der Waals surface area contributed by atoms with Crippen LogP contribution >= 0.6 is 0 Å². The van der Waals surface area contributed by atoms with E-state index in [1.54, 1.807) is 6.07 Å². The van der Waals surface area contributed by atoms with E-state index in [-0.39, 0.29) is 5.75 Å². The van der Waals surface area contributed by atoms with E-state index < -0.39 is 10.0 Å². The van der Waals surface area contributed by atoms with E-state index in [9.17, 15) is 8.42 Å². The second-order valence-corrected chi connectivity index (χ2v) is 5.14. The number of furan rings is 1. The Balaban J connectivity index is 2.38. The van der Waals surface area contributed by atoms with Gasteiger partial charge in [0.05, 0.1) is 0 Å². The van der Waals surface area contributed by atoms with Gasteiger partial charge in [-0.25, -0.2) is 13.1 Å². The van der Waals surface area contributed by atoms with E-state index in [1.165, 1.54) is 7.05 Å². The van der Waals surface area contributed by atoms with Crippen molar-refractivity contribution in [2.24, 2.45) is 0 Å². The predicted molar refractivity (Wildman–Crippen MR) is 57.9 cm³/mol. The highest BCUT2D eigenvalue weighted by atomic mass is 32.2. The maximum atomic E-state index is 11.3. The zero-order valence-corrected chi connectivity index (χ0v) is 9.04. The Hall–Kier alpha value is -1.33. The molecule has 1 aromatic carbocycles. The molecule has 0 fully saturated rings. The van der Waals surface area contributed by atoms with Crippen molar-refractivity contribution >= 4 is 21.0 Å². The number of hydrogen-bond acceptors (Lipinski definition) is 3. The third-order valence-electron chi connectivity index (χ3n) is 2.12. The van der Waals surface area contributed by atoms with Gasteiger partial charge < -0.3 is 4.42 Å². The molecule has 15 heavy (non-hydrogen) atoms. The lowest BCUT2D eigenvalue weighted by Gasteiger charge is -1.97. The van der Waals surface area contributed by atoms with Gasteiger partial charge in [0.25, 0.3) is 0 Å². The largest absolute Gasteiger partial charge is 0.460 e. The number of fused-ring (bicyclic) bond motifs is 1. The van der Waals surface area contributed by atoms with Crippen LogP contribution in [0.3, 0.4) is 0 Å². The minimum absolute atomic E-state index is 0.127. The maximum Gasteiger partial charge on any atom is 0.218 e. The van der Waals surface area contributed by atoms with Gasteiger partial charge in [-0.15, -0.1) is 0 Å². The number of sulfonamides is 1. The molecule has 5 heteroatoms. The molecule has 4 nitrogen and oxygen atoms in total. The SMILES string of the molecule is CNS(=O)(=O)Cc1cc2ccccc2o1. The Morgan fingerprint density at radius 1 is 1.33 bits per heavy atom. The lowest BCUT2D eigenvalue weighted by molar-refractivity contribution is 0.550. The van der Waals surface area contributed by atoms with Crippen LogP contribution in [0, 0.1) is 0 Å². The molecule has 0 aliphatic heterocycles. The average Bonchev–Trinajstić information content (AvgIpc) is 2.58. The predicted octanol–water partition coefficient (Wildman–Crippen LogP) is 1.48. The number of para-hydroxylation sites is 1. The smallest absolute Gasteiger partial charge is 0.218 e. The minimum atomic E-state index is -3.26. The first kappa shape index (κ1) is 10.2. The molecule has 0 saturated carbocycles. The molecule has 0 bridgehead atoms. The Kier molecular flexibility index (Phi) is 2.50. The van der Waals surface area contributed by atoms with E-state index in [0.29, 0.717) is 11.3 Å². The second-order valence-electron chi connectivity index (χ2n) is 3.21. The van der Waals surface area contributed by atoms with Crippen LogP contribution in [-0.4, -0.2) is 15.5 Å². The molecule has 0 amide bonds. The molecule has 0 aliphatic carbocycles. The molecule has 1 aromatic heterocycles. The van der Waals surface area contributed by atoms with E-state index >= 15 is 0 Å². The van der Waals surface area contributed by atoms with Crippen LogP contribution in [0.5, 0.6) is 0 Å². The first-order valence-electron chi connectivity index (χ1n) is 4.49. The fraction of sp³-hybridized carbons (Fsp3) is 0.200. The van der Waals surface area contributed by atoms with Crippen LogP contribution in [0.25, 0.3) is 11.0 Å². The molecule has 0 radical (unpaired) electrons. The van der Waals surface area contributed by atoms with Crippen LogP contribution in [-0.2, 0) is 15.8 Å². The summed E-state index contributed by atoms with van der Waals surface area (Å²) in [5, 5.41) is 0.916. The van der Waals surface area contributed by atoms with Crippen LogP contribution in [0.15, 0.2) is 34.7 Å². The van der Waals surface area contributed by atoms with Crippen LogP contribution in [0.1, 0.15) is 5.76 Å². The molecule has 1 heterocycles. The van der Waals surface area contributed by atoms with Gasteiger partial charge in [0.2, 0.25) is 10.0 Å². The molecule has 2 rings (SSSR count). The molecular formula is C10H11NO3S. The monoisotopic (exact) mass is 225 g/mol. The molecular weight excluding hydrogens is 214 g/mol. The van der Waals surface area contributed by atoms with E-state index in [1.807, 2.05) is 24.3 Å². The summed E-state index contributed by atoms with van der Waals surface area (Å²) in [5.41, 5.74) is 0.707. The summed E-state index contributed by atoms with van der Waals surface area (Å²) < 4.78 is 30.2. The van der Waals surface area contributed by atoms with Gasteiger partial charge in [-0.05, 0) is 19.2 Å². The molecule has 1 N–H and O–H groups in total. The van der Waals surface area contributed by atoms with Crippen molar-refractivity contribution in [2.45, 2.75) is 5.75 Å². The minimum Gasteiger partial charge on any atom is -0.460 e. The van der Waals surface area contributed by atoms with Gasteiger partial charge in [-0.3, -0.25) is 0 Å². The number of nitrogens with one attached hydrogen (secondary N) is 1. The van der Waals surface area contributed by atoms with Gasteiger partial charge in [0, 0.05) is 5.39 Å². The lowest BCUT2D eigenvalue weighted by Crippen LogP contribution is -2.20. The summed E-state index contributed by atoms with van der Waals surface area (Å²) in [4.78, 5) is 0. The van der Waals surface area contributed by atoms with Crippen LogP contribution in [0.2, 0.25) is 0 Å². The normalized spacial score (nSPS) is 12.1. The quantitative estimate of drug-likeness (QED) is 0.860. The Morgan fingerprint density at radius 3 is 2.73 bits per heavy atom. The highest BCUT2D eigenvalue weighted by Crippen LogP contribution is 2.19. The molecule has 0 atom stereocenters. The number of rotatable bonds is 3. The van der Waals surface area contributed by atoms with Crippen molar-refractivity contribution < 1.29 is 12.8 Å². The third-order valence-corrected chi connectivity index (χ3v) is 3.41. The van der Waals surface area contributed by atoms with Crippen molar-refractivity contribution in [3.8, 4) is 0 Å². The molecule has 0 saturated heterocycles. The zero-order valence-electron chi connectivity index (χ0n) is 8.23. The summed E-state index contributed by atoms with van der Waals surface area (Å²) in [6.45, 7) is 0. The second kappa shape index (κ2) is 3.67. The van der Waals surface area contributed by atoms with Crippen molar-refractivity contribution in [1.29, 1.82) is 0 Å². The number of benzene rings is 1. The van der Waals surface area contributed by atoms with Gasteiger partial charge in [0.15, 0.2) is 0 Å². The highest BCUT2D eigenvalue weighted by Gasteiger charge is 2.12. The van der Waals surface area contributed by atoms with E-state index in [2.05, 4.69) is 4.72 Å². The molecule has 2 aromatic rings. The standard InChI is InChI=1S/C10H11NO3S/c1-11-15(12,13)7-9-6-8-4-2-3-5-10(8)14-9/h2-6,11H,7H2,1H3. The highest BCUT2D eigenvalue weighted by molar-refractivity contribution is 7.88. The van der Waals surface area contributed by atoms with Crippen molar-refractivity contribution in [1.82, 2.24) is 4.72 Å². The van der Waals surface area contributed by atoms with Gasteiger partial charge in [-0.2, -0.15) is 0 Å². The van der Waals surface area contributed by atoms with E-state index in [4.69, 9.17) is 4.42 Å². The van der Waals surface area contributed by atoms with Crippen LogP contribution in [0.4, 0.5) is 0 Å². The molecule has 0 spiro atoms. The number of hydrogen-bond donors (Lipinski definition) is 1. The average molecular weight is 225 g/mol. The van der Waals surface area contributed by atoms with E-state index in [0.717, 1.165) is 5.39 Å². The molecule has 80 valence electrons. The fourth-order valence-corrected chi connectivity index (χ4v) is 2.03. The zero-order chi connectivity index (χ0) is 10.9. The van der Waals surface area contributed by atoms with Crippen molar-refractivity contribution in [3.63, 3.8) is 0 Å². The topological polar surface area (TPSA) is 59.3 Å². The summed E-state index contributed by atoms with van der Waals surface area (Å²) in [7, 11) is -1.88. The Bertz CT molecular complexity index is 538. The first-order valence-corrected chi connectivity index (χ1v) is 6.14. The summed E-state index contributed by atoms with van der Waals surface area (Å²) in [5.74, 6) is 0.323. The van der Waals surface area contributed by atoms with Gasteiger partial charge in [-0.1, -0.05) is 18.2 Å². The first-order chi connectivity index (χ1) is 7.11. The molecule has 0 aliphatic rings. The van der Waals surface area contributed by atoms with Crippen molar-refractivity contribution in [3.05, 3.63) is 36.1 Å². The van der Waals surface area contributed by atoms with Gasteiger partial charge in [0.1, 0.15) is 17.1 Å². The Morgan fingerprint density at radius 2 is 2.07 bits per heavy atom. The third kappa shape index (κ3) is 2.19. The Labute approximate surface area is 87.9 Å². The van der Waals surface area contributed by atoms with Crippen LogP contribution < -0.4 is 4.72 Å². The van der Waals surface area contributed by atoms with Gasteiger partial charge >= 0.3 is 0 Å². The summed E-state index contributed by atoms with van der Waals surface area (Å²) in [6.07, 6.45) is 0. The fourth-order valence-electron chi connectivity index (χ4n) is 1.37. The molecule has 0 unspecified atom stereocenters.